The van der Waals surface area contributed by atoms with E-state index in [9.17, 15) is 0 Å². The summed E-state index contributed by atoms with van der Waals surface area (Å²) in [4.78, 5) is 1.98. The topological polar surface area (TPSA) is 49.2 Å². The first kappa shape index (κ1) is 13.7. The largest absolute Gasteiger partial charge is 0.396 e. The van der Waals surface area contributed by atoms with Crippen LogP contribution in [0.2, 0.25) is 0 Å². The molecular weight excluding hydrogens is 242 g/mol. The molecule has 0 spiro atoms. The summed E-state index contributed by atoms with van der Waals surface area (Å²) < 4.78 is 1.05. The zero-order valence-corrected chi connectivity index (χ0v) is 11.5. The molecule has 0 radical (unpaired) electrons. The third-order valence-corrected chi connectivity index (χ3v) is 4.37. The van der Waals surface area contributed by atoms with E-state index in [0.717, 1.165) is 28.1 Å². The lowest BCUT2D eigenvalue weighted by Crippen LogP contribution is -2.07. The minimum Gasteiger partial charge on any atom is -0.396 e. The van der Waals surface area contributed by atoms with E-state index >= 15 is 0 Å². The highest BCUT2D eigenvalue weighted by Gasteiger charge is 2.05. The van der Waals surface area contributed by atoms with Gasteiger partial charge in [0.1, 0.15) is 0 Å². The number of anilines is 1. The van der Waals surface area contributed by atoms with Crippen LogP contribution >= 0.6 is 23.1 Å². The summed E-state index contributed by atoms with van der Waals surface area (Å²) in [7, 11) is 3.95. The second-order valence-electron chi connectivity index (χ2n) is 3.73. The normalized spacial score (nSPS) is 10.7. The molecule has 1 rings (SSSR count). The molecule has 92 valence electrons. The Kier molecular flexibility index (Phi) is 6.75. The molecule has 1 heterocycles. The van der Waals surface area contributed by atoms with Gasteiger partial charge in [-0.3, -0.25) is 0 Å². The summed E-state index contributed by atoms with van der Waals surface area (Å²) in [5, 5.41) is 17.8. The predicted molar refractivity (Wildman–Crippen MR) is 70.5 cm³/mol. The number of aliphatic hydroxyl groups excluding tert-OH is 1. The Labute approximate surface area is 105 Å². The fraction of sp³-hybridized carbons (Fsp3) is 0.800. The van der Waals surface area contributed by atoms with Gasteiger partial charge in [-0.15, -0.1) is 10.2 Å². The van der Waals surface area contributed by atoms with E-state index in [-0.39, 0.29) is 0 Å². The van der Waals surface area contributed by atoms with E-state index < -0.39 is 0 Å². The van der Waals surface area contributed by atoms with Crippen LogP contribution in [0.1, 0.15) is 25.7 Å². The van der Waals surface area contributed by atoms with Crippen molar-refractivity contribution in [1.82, 2.24) is 10.2 Å². The molecule has 0 fully saturated rings. The van der Waals surface area contributed by atoms with Gasteiger partial charge in [0.25, 0.3) is 0 Å². The molecule has 16 heavy (non-hydrogen) atoms. The summed E-state index contributed by atoms with van der Waals surface area (Å²) in [6.45, 7) is 0.315. The number of thioether (sulfide) groups is 1. The molecule has 1 aromatic rings. The van der Waals surface area contributed by atoms with E-state index in [2.05, 4.69) is 10.2 Å². The van der Waals surface area contributed by atoms with E-state index in [1.165, 1.54) is 12.8 Å². The van der Waals surface area contributed by atoms with Gasteiger partial charge in [-0.1, -0.05) is 35.9 Å². The Hall–Kier alpha value is -0.330. The van der Waals surface area contributed by atoms with Crippen molar-refractivity contribution in [3.8, 4) is 0 Å². The van der Waals surface area contributed by atoms with Crippen LogP contribution in [0.25, 0.3) is 0 Å². The van der Waals surface area contributed by atoms with E-state index in [4.69, 9.17) is 5.11 Å². The SMILES string of the molecule is CN(C)c1nnc(SCCCCCCO)s1. The Morgan fingerprint density at radius 2 is 1.94 bits per heavy atom. The second kappa shape index (κ2) is 7.86. The highest BCUT2D eigenvalue weighted by molar-refractivity contribution is 8.01. The molecular formula is C10H19N3OS2. The van der Waals surface area contributed by atoms with Crippen molar-refractivity contribution in [1.29, 1.82) is 0 Å². The van der Waals surface area contributed by atoms with Crippen molar-refractivity contribution in [2.75, 3.05) is 31.4 Å². The molecule has 0 aliphatic heterocycles. The molecule has 1 N–H and O–H groups in total. The van der Waals surface area contributed by atoms with Crippen LogP contribution in [-0.2, 0) is 0 Å². The highest BCUT2D eigenvalue weighted by Crippen LogP contribution is 2.27. The minimum absolute atomic E-state index is 0.315. The van der Waals surface area contributed by atoms with Crippen molar-refractivity contribution < 1.29 is 5.11 Å². The van der Waals surface area contributed by atoms with Crippen molar-refractivity contribution in [3.05, 3.63) is 0 Å². The van der Waals surface area contributed by atoms with Crippen LogP contribution in [0.4, 0.5) is 5.13 Å². The zero-order chi connectivity index (χ0) is 11.8. The fourth-order valence-corrected chi connectivity index (χ4v) is 3.00. The molecule has 0 unspecified atom stereocenters. The van der Waals surface area contributed by atoms with Crippen LogP contribution in [0, 0.1) is 0 Å². The monoisotopic (exact) mass is 261 g/mol. The molecule has 0 aromatic carbocycles. The number of nitrogens with zero attached hydrogens (tertiary/aromatic N) is 3. The van der Waals surface area contributed by atoms with Crippen LogP contribution in [0.5, 0.6) is 0 Å². The first-order valence-corrected chi connectivity index (χ1v) is 7.28. The number of hydrogen-bond acceptors (Lipinski definition) is 6. The first-order chi connectivity index (χ1) is 7.74. The first-order valence-electron chi connectivity index (χ1n) is 5.48. The van der Waals surface area contributed by atoms with Crippen molar-refractivity contribution in [2.24, 2.45) is 0 Å². The third kappa shape index (κ3) is 5.14. The third-order valence-electron chi connectivity index (χ3n) is 2.06. The summed E-state index contributed by atoms with van der Waals surface area (Å²) in [5.41, 5.74) is 0. The molecule has 0 atom stereocenters. The Bertz CT molecular complexity index is 291. The Morgan fingerprint density at radius 3 is 2.56 bits per heavy atom. The predicted octanol–water partition coefficient (Wildman–Crippen LogP) is 2.25. The van der Waals surface area contributed by atoms with Gasteiger partial charge in [-0.2, -0.15) is 0 Å². The van der Waals surface area contributed by atoms with Gasteiger partial charge in [0, 0.05) is 26.5 Å². The van der Waals surface area contributed by atoms with Gasteiger partial charge in [0.05, 0.1) is 0 Å². The lowest BCUT2D eigenvalue weighted by atomic mass is 10.2. The van der Waals surface area contributed by atoms with Gasteiger partial charge < -0.3 is 10.0 Å². The minimum atomic E-state index is 0.315. The maximum absolute atomic E-state index is 8.63. The Morgan fingerprint density at radius 1 is 1.19 bits per heavy atom. The van der Waals surface area contributed by atoms with Crippen LogP contribution in [0.15, 0.2) is 4.34 Å². The van der Waals surface area contributed by atoms with Crippen molar-refractivity contribution >= 4 is 28.2 Å². The smallest absolute Gasteiger partial charge is 0.208 e. The van der Waals surface area contributed by atoms with E-state index in [1.807, 2.05) is 19.0 Å². The molecule has 0 saturated carbocycles. The number of aromatic nitrogens is 2. The number of hydrogen-bond donors (Lipinski definition) is 1. The Balaban J connectivity index is 2.12. The van der Waals surface area contributed by atoms with Gasteiger partial charge in [0.2, 0.25) is 5.13 Å². The second-order valence-corrected chi connectivity index (χ2v) is 6.03. The van der Waals surface area contributed by atoms with E-state index in [0.29, 0.717) is 6.61 Å². The van der Waals surface area contributed by atoms with Crippen LogP contribution in [0.3, 0.4) is 0 Å². The maximum Gasteiger partial charge on any atom is 0.208 e. The number of rotatable bonds is 8. The lowest BCUT2D eigenvalue weighted by molar-refractivity contribution is 0.283. The standard InChI is InChI=1S/C10H19N3OS2/c1-13(2)9-11-12-10(16-9)15-8-6-4-3-5-7-14/h14H,3-8H2,1-2H3. The molecule has 0 saturated heterocycles. The van der Waals surface area contributed by atoms with Crippen LogP contribution < -0.4 is 4.90 Å². The molecule has 1 aromatic heterocycles. The number of aliphatic hydroxyl groups is 1. The molecule has 0 aliphatic rings. The molecule has 0 bridgehead atoms. The molecule has 4 nitrogen and oxygen atoms in total. The van der Waals surface area contributed by atoms with Crippen LogP contribution in [-0.4, -0.2) is 41.8 Å². The summed E-state index contributed by atoms with van der Waals surface area (Å²) in [6, 6.07) is 0. The van der Waals surface area contributed by atoms with Gasteiger partial charge >= 0.3 is 0 Å². The summed E-state index contributed by atoms with van der Waals surface area (Å²) in [6.07, 6.45) is 4.42. The maximum atomic E-state index is 8.63. The van der Waals surface area contributed by atoms with Crippen molar-refractivity contribution in [3.63, 3.8) is 0 Å². The van der Waals surface area contributed by atoms with Gasteiger partial charge in [-0.05, 0) is 12.8 Å². The zero-order valence-electron chi connectivity index (χ0n) is 9.85. The van der Waals surface area contributed by atoms with Crippen molar-refractivity contribution in [2.45, 2.75) is 30.0 Å². The fourth-order valence-electron chi connectivity index (χ4n) is 1.17. The molecule has 6 heteroatoms. The van der Waals surface area contributed by atoms with Gasteiger partial charge in [0.15, 0.2) is 4.34 Å². The summed E-state index contributed by atoms with van der Waals surface area (Å²) in [5.74, 6) is 1.09. The quantitative estimate of drug-likeness (QED) is 0.574. The average molecular weight is 261 g/mol. The highest BCUT2D eigenvalue weighted by atomic mass is 32.2. The average Bonchev–Trinajstić information content (AvgIpc) is 2.72. The van der Waals surface area contributed by atoms with Gasteiger partial charge in [-0.25, -0.2) is 0 Å². The number of unbranched alkanes of at least 4 members (excludes halogenated alkanes) is 3. The van der Waals surface area contributed by atoms with E-state index in [1.54, 1.807) is 23.1 Å². The molecule has 0 amide bonds. The molecule has 0 aliphatic carbocycles. The summed E-state index contributed by atoms with van der Waals surface area (Å²) >= 11 is 3.41. The lowest BCUT2D eigenvalue weighted by Gasteiger charge is -2.03.